The van der Waals surface area contributed by atoms with Crippen LogP contribution in [0.1, 0.15) is 20.3 Å². The van der Waals surface area contributed by atoms with Gasteiger partial charge in [0, 0.05) is 5.02 Å². The van der Waals surface area contributed by atoms with Gasteiger partial charge in [-0.15, -0.1) is 0 Å². The highest BCUT2D eigenvalue weighted by Gasteiger charge is 2.34. The van der Waals surface area contributed by atoms with Crippen LogP contribution in [0.4, 0.5) is 5.69 Å². The van der Waals surface area contributed by atoms with Crippen molar-refractivity contribution >= 4 is 55.8 Å². The molecule has 1 atom stereocenters. The normalized spacial score (nSPS) is 12.5. The molecule has 0 saturated carbocycles. The number of hydrogen-bond acceptors (Lipinski definition) is 4. The topological polar surface area (TPSA) is 63.7 Å². The first-order valence-corrected chi connectivity index (χ1v) is 10.7. The number of benzene rings is 2. The van der Waals surface area contributed by atoms with Gasteiger partial charge in [-0.2, -0.15) is 0 Å². The lowest BCUT2D eigenvalue weighted by Crippen LogP contribution is -2.42. The van der Waals surface area contributed by atoms with Crippen LogP contribution >= 0.6 is 34.8 Å². The van der Waals surface area contributed by atoms with Gasteiger partial charge in [0.25, 0.3) is 10.0 Å². The van der Waals surface area contributed by atoms with Gasteiger partial charge in [0.2, 0.25) is 5.24 Å². The third kappa shape index (κ3) is 5.08. The number of ether oxygens (including phenoxy) is 1. The maximum Gasteiger partial charge on any atom is 0.266 e. The van der Waals surface area contributed by atoms with Crippen LogP contribution in [0.15, 0.2) is 47.4 Å². The molecule has 0 radical (unpaired) electrons. The second kappa shape index (κ2) is 9.15. The van der Waals surface area contributed by atoms with E-state index in [1.165, 1.54) is 37.3 Å². The summed E-state index contributed by atoms with van der Waals surface area (Å²) in [7, 11) is -4.21. The molecule has 2 aromatic rings. The summed E-state index contributed by atoms with van der Waals surface area (Å²) in [5.74, 6) is 0.587. The quantitative estimate of drug-likeness (QED) is 0.523. The molecule has 2 rings (SSSR count). The van der Waals surface area contributed by atoms with Gasteiger partial charge in [-0.05, 0) is 67.4 Å². The molecule has 5 nitrogen and oxygen atoms in total. The van der Waals surface area contributed by atoms with Crippen molar-refractivity contribution < 1.29 is 17.9 Å². The van der Waals surface area contributed by atoms with Gasteiger partial charge in [0.15, 0.2) is 0 Å². The molecular formula is C18H18Cl3NO4S. The molecule has 1 unspecified atom stereocenters. The largest absolute Gasteiger partial charge is 0.494 e. The highest BCUT2D eigenvalue weighted by molar-refractivity contribution is 7.93. The van der Waals surface area contributed by atoms with Gasteiger partial charge < -0.3 is 4.74 Å². The monoisotopic (exact) mass is 449 g/mol. The molecular weight excluding hydrogens is 433 g/mol. The van der Waals surface area contributed by atoms with E-state index in [0.717, 1.165) is 10.7 Å². The molecule has 0 N–H and O–H groups in total. The van der Waals surface area contributed by atoms with Crippen LogP contribution in [0.3, 0.4) is 0 Å². The summed E-state index contributed by atoms with van der Waals surface area (Å²) in [6.07, 6.45) is 0.841. The average molecular weight is 451 g/mol. The van der Waals surface area contributed by atoms with Crippen LogP contribution in [0, 0.1) is 0 Å². The molecule has 27 heavy (non-hydrogen) atoms. The van der Waals surface area contributed by atoms with Crippen LogP contribution in [-0.4, -0.2) is 26.3 Å². The number of hydrogen-bond donors (Lipinski definition) is 0. The number of carbonyl (C=O) groups excluding carboxylic acids is 1. The van der Waals surface area contributed by atoms with E-state index in [9.17, 15) is 13.2 Å². The predicted molar refractivity (Wildman–Crippen MR) is 109 cm³/mol. The predicted octanol–water partition coefficient (Wildman–Crippen LogP) is 5.13. The zero-order valence-electron chi connectivity index (χ0n) is 14.7. The Bertz CT molecular complexity index is 917. The highest BCUT2D eigenvalue weighted by Crippen LogP contribution is 2.33. The van der Waals surface area contributed by atoms with E-state index in [4.69, 9.17) is 39.5 Å². The molecule has 0 spiro atoms. The van der Waals surface area contributed by atoms with E-state index in [1.807, 2.05) is 6.92 Å². The van der Waals surface area contributed by atoms with Crippen molar-refractivity contribution in [3.05, 3.63) is 52.5 Å². The molecule has 0 aliphatic heterocycles. The first kappa shape index (κ1) is 21.8. The average Bonchev–Trinajstić information content (AvgIpc) is 2.62. The zero-order valence-corrected chi connectivity index (χ0v) is 17.7. The minimum absolute atomic E-state index is 0.0125. The first-order valence-electron chi connectivity index (χ1n) is 8.10. The lowest BCUT2D eigenvalue weighted by molar-refractivity contribution is -0.112. The fourth-order valence-electron chi connectivity index (χ4n) is 2.35. The van der Waals surface area contributed by atoms with Crippen molar-refractivity contribution in [2.45, 2.75) is 31.2 Å². The van der Waals surface area contributed by atoms with Gasteiger partial charge in [0.05, 0.1) is 17.3 Å². The number of sulfonamides is 1. The molecule has 0 aliphatic rings. The lowest BCUT2D eigenvalue weighted by atomic mass is 10.2. The van der Waals surface area contributed by atoms with E-state index in [1.54, 1.807) is 12.1 Å². The van der Waals surface area contributed by atoms with Crippen molar-refractivity contribution in [2.24, 2.45) is 0 Å². The molecule has 9 heteroatoms. The smallest absolute Gasteiger partial charge is 0.266 e. The molecule has 146 valence electrons. The summed E-state index contributed by atoms with van der Waals surface area (Å²) in [4.78, 5) is 11.6. The van der Waals surface area contributed by atoms with Crippen LogP contribution in [-0.2, 0) is 14.8 Å². The van der Waals surface area contributed by atoms with Crippen LogP contribution in [0.5, 0.6) is 5.75 Å². The van der Waals surface area contributed by atoms with E-state index >= 15 is 0 Å². The summed E-state index contributed by atoms with van der Waals surface area (Å²) in [6, 6.07) is 9.25. The number of carbonyl (C=O) groups is 1. The molecule has 0 aromatic heterocycles. The summed E-state index contributed by atoms with van der Waals surface area (Å²) >= 11 is 17.6. The maximum absolute atomic E-state index is 13.2. The molecule has 0 aliphatic carbocycles. The summed E-state index contributed by atoms with van der Waals surface area (Å²) < 4.78 is 32.9. The van der Waals surface area contributed by atoms with Gasteiger partial charge in [-0.25, -0.2) is 8.42 Å². The van der Waals surface area contributed by atoms with Crippen molar-refractivity contribution in [1.29, 1.82) is 0 Å². The Kier molecular flexibility index (Phi) is 7.40. The number of nitrogens with zero attached hydrogens (tertiary/aromatic N) is 1. The van der Waals surface area contributed by atoms with Crippen LogP contribution in [0.2, 0.25) is 10.0 Å². The SMILES string of the molecule is CCCOc1ccc(N(C(C)C(=O)Cl)S(=O)(=O)c2cc(Cl)ccc2Cl)cc1. The Labute approximate surface area is 173 Å². The lowest BCUT2D eigenvalue weighted by Gasteiger charge is -2.29. The van der Waals surface area contributed by atoms with Gasteiger partial charge >= 0.3 is 0 Å². The van der Waals surface area contributed by atoms with Crippen molar-refractivity contribution in [3.63, 3.8) is 0 Å². The van der Waals surface area contributed by atoms with E-state index < -0.39 is 21.3 Å². The minimum atomic E-state index is -4.21. The fourth-order valence-corrected chi connectivity index (χ4v) is 4.87. The standard InChI is InChI=1S/C18H18Cl3NO4S/c1-3-10-26-15-7-5-14(6-8-15)22(12(2)18(21)23)27(24,25)17-11-13(19)4-9-16(17)20/h4-9,11-12H,3,10H2,1-2H3. The highest BCUT2D eigenvalue weighted by atomic mass is 35.5. The van der Waals surface area contributed by atoms with Gasteiger partial charge in [-0.1, -0.05) is 30.1 Å². The van der Waals surface area contributed by atoms with Gasteiger partial charge in [0.1, 0.15) is 16.7 Å². The molecule has 0 heterocycles. The fraction of sp³-hybridized carbons (Fsp3) is 0.278. The van der Waals surface area contributed by atoms with Crippen molar-refractivity contribution in [3.8, 4) is 5.75 Å². The first-order chi connectivity index (χ1) is 12.7. The zero-order chi connectivity index (χ0) is 20.2. The Morgan fingerprint density at radius 2 is 1.78 bits per heavy atom. The third-order valence-electron chi connectivity index (χ3n) is 3.67. The minimum Gasteiger partial charge on any atom is -0.494 e. The van der Waals surface area contributed by atoms with Crippen LogP contribution < -0.4 is 9.04 Å². The molecule has 0 amide bonds. The second-order valence-corrected chi connectivity index (χ2v) is 8.70. The number of rotatable bonds is 8. The molecule has 0 fully saturated rings. The van der Waals surface area contributed by atoms with E-state index in [0.29, 0.717) is 12.4 Å². The molecule has 0 bridgehead atoms. The molecule has 0 saturated heterocycles. The Morgan fingerprint density at radius 1 is 1.15 bits per heavy atom. The number of halogens is 3. The van der Waals surface area contributed by atoms with E-state index in [2.05, 4.69) is 0 Å². The second-order valence-electron chi connectivity index (χ2n) is 5.70. The Morgan fingerprint density at radius 3 is 2.33 bits per heavy atom. The van der Waals surface area contributed by atoms with Crippen molar-refractivity contribution in [1.82, 2.24) is 0 Å². The van der Waals surface area contributed by atoms with Gasteiger partial charge in [-0.3, -0.25) is 9.10 Å². The van der Waals surface area contributed by atoms with Crippen LogP contribution in [0.25, 0.3) is 0 Å². The maximum atomic E-state index is 13.2. The number of anilines is 1. The third-order valence-corrected chi connectivity index (χ3v) is 6.61. The summed E-state index contributed by atoms with van der Waals surface area (Å²) in [5, 5.41) is -0.643. The Hall–Kier alpha value is -1.47. The summed E-state index contributed by atoms with van der Waals surface area (Å²) in [6.45, 7) is 3.91. The molecule has 2 aromatic carbocycles. The Balaban J connectivity index is 2.54. The van der Waals surface area contributed by atoms with E-state index in [-0.39, 0.29) is 20.6 Å². The van der Waals surface area contributed by atoms with Crippen molar-refractivity contribution in [2.75, 3.05) is 10.9 Å². The summed E-state index contributed by atoms with van der Waals surface area (Å²) in [5.41, 5.74) is 0.247.